The summed E-state index contributed by atoms with van der Waals surface area (Å²) < 4.78 is 1.36. The van der Waals surface area contributed by atoms with Gasteiger partial charge in [-0.3, -0.25) is 4.98 Å². The maximum absolute atomic E-state index is 4.43. The predicted octanol–water partition coefficient (Wildman–Crippen LogP) is 4.75. The number of pyridine rings is 1. The average molecular weight is 221 g/mol. The molecule has 0 aromatic carbocycles. The Kier molecular flexibility index (Phi) is 4.28. The van der Waals surface area contributed by atoms with Gasteiger partial charge in [-0.2, -0.15) is 0 Å². The molecular weight excluding hydrogens is 202 g/mol. The lowest BCUT2D eigenvalue weighted by molar-refractivity contribution is 0.836. The Bertz CT molecular complexity index is 429. The molecule has 2 aromatic rings. The zero-order valence-electron chi connectivity index (χ0n) is 10.2. The summed E-state index contributed by atoms with van der Waals surface area (Å²) in [4.78, 5) is 5.80. The Morgan fingerprint density at radius 2 is 1.93 bits per heavy atom. The molecule has 0 fully saturated rings. The summed E-state index contributed by atoms with van der Waals surface area (Å²) in [6, 6.07) is 4.32. The van der Waals surface area contributed by atoms with Gasteiger partial charge in [0, 0.05) is 11.1 Å². The summed E-state index contributed by atoms with van der Waals surface area (Å²) >= 11 is 1.84. The first-order valence-corrected chi connectivity index (χ1v) is 6.35. The van der Waals surface area contributed by atoms with Crippen LogP contribution in [-0.2, 0) is 0 Å². The summed E-state index contributed by atoms with van der Waals surface area (Å²) in [6.07, 6.45) is 1.91. The molecule has 2 heterocycles. The lowest BCUT2D eigenvalue weighted by Crippen LogP contribution is -1.90. The fraction of sp³-hybridized carbons (Fsp3) is 0.462. The van der Waals surface area contributed by atoms with Gasteiger partial charge >= 0.3 is 0 Å². The number of nitrogens with zero attached hydrogens (tertiary/aromatic N) is 1. The van der Waals surface area contributed by atoms with Crippen molar-refractivity contribution in [3.63, 3.8) is 0 Å². The molecule has 2 heteroatoms. The minimum Gasteiger partial charge on any atom is -0.260 e. The summed E-state index contributed by atoms with van der Waals surface area (Å²) in [5, 5.41) is 1.33. The number of hydrogen-bond donors (Lipinski definition) is 0. The fourth-order valence-electron chi connectivity index (χ4n) is 1.53. The van der Waals surface area contributed by atoms with Gasteiger partial charge in [-0.1, -0.05) is 27.7 Å². The average Bonchev–Trinajstić information content (AvgIpc) is 2.60. The van der Waals surface area contributed by atoms with Gasteiger partial charge in [0.25, 0.3) is 0 Å². The van der Waals surface area contributed by atoms with E-state index in [-0.39, 0.29) is 0 Å². The van der Waals surface area contributed by atoms with Crippen LogP contribution in [0.2, 0.25) is 0 Å². The first-order chi connectivity index (χ1) is 7.18. The molecule has 0 aliphatic carbocycles. The predicted molar refractivity (Wildman–Crippen MR) is 69.8 cm³/mol. The van der Waals surface area contributed by atoms with Crippen molar-refractivity contribution in [1.82, 2.24) is 4.98 Å². The van der Waals surface area contributed by atoms with Gasteiger partial charge in [0.05, 0.1) is 10.4 Å². The second-order valence-corrected chi connectivity index (χ2v) is 4.88. The lowest BCUT2D eigenvalue weighted by atomic mass is 10.1. The van der Waals surface area contributed by atoms with Gasteiger partial charge in [-0.05, 0) is 30.4 Å². The molecule has 0 atom stereocenters. The molecule has 0 aliphatic rings. The van der Waals surface area contributed by atoms with Crippen molar-refractivity contribution in [3.8, 4) is 0 Å². The van der Waals surface area contributed by atoms with Crippen LogP contribution in [0.5, 0.6) is 0 Å². The van der Waals surface area contributed by atoms with Gasteiger partial charge in [0.15, 0.2) is 0 Å². The van der Waals surface area contributed by atoms with E-state index >= 15 is 0 Å². The van der Waals surface area contributed by atoms with Crippen LogP contribution in [0.1, 0.15) is 44.2 Å². The quantitative estimate of drug-likeness (QED) is 0.677. The van der Waals surface area contributed by atoms with Crippen molar-refractivity contribution in [2.45, 2.75) is 40.5 Å². The normalized spacial score (nSPS) is 10.3. The van der Waals surface area contributed by atoms with E-state index in [1.54, 1.807) is 0 Å². The first-order valence-electron chi connectivity index (χ1n) is 5.53. The molecule has 0 amide bonds. The molecule has 2 rings (SSSR count). The zero-order chi connectivity index (χ0) is 11.4. The molecule has 0 saturated carbocycles. The SMILES string of the molecule is CC.Cc1cc2ccnc(C(C)C)c2s1. The molecule has 0 spiro atoms. The van der Waals surface area contributed by atoms with E-state index in [1.165, 1.54) is 20.7 Å². The molecule has 0 radical (unpaired) electrons. The van der Waals surface area contributed by atoms with E-state index in [0.717, 1.165) is 0 Å². The highest BCUT2D eigenvalue weighted by molar-refractivity contribution is 7.19. The van der Waals surface area contributed by atoms with Crippen molar-refractivity contribution in [2.75, 3.05) is 0 Å². The Balaban J connectivity index is 0.000000531. The molecule has 82 valence electrons. The molecule has 15 heavy (non-hydrogen) atoms. The van der Waals surface area contributed by atoms with Crippen LogP contribution in [0.3, 0.4) is 0 Å². The topological polar surface area (TPSA) is 12.9 Å². The molecule has 1 nitrogen and oxygen atoms in total. The molecule has 0 bridgehead atoms. The Hall–Kier alpha value is -0.890. The zero-order valence-corrected chi connectivity index (χ0v) is 11.0. The minimum atomic E-state index is 0.516. The summed E-state index contributed by atoms with van der Waals surface area (Å²) in [5.74, 6) is 0.516. The monoisotopic (exact) mass is 221 g/mol. The van der Waals surface area contributed by atoms with Gasteiger partial charge < -0.3 is 0 Å². The van der Waals surface area contributed by atoms with Crippen molar-refractivity contribution in [2.24, 2.45) is 0 Å². The van der Waals surface area contributed by atoms with E-state index in [4.69, 9.17) is 0 Å². The number of aryl methyl sites for hydroxylation is 1. The van der Waals surface area contributed by atoms with Crippen LogP contribution in [0.4, 0.5) is 0 Å². The minimum absolute atomic E-state index is 0.516. The number of aromatic nitrogens is 1. The fourth-order valence-corrected chi connectivity index (χ4v) is 2.67. The van der Waals surface area contributed by atoms with Crippen LogP contribution in [0, 0.1) is 6.92 Å². The number of thiophene rings is 1. The van der Waals surface area contributed by atoms with Crippen LogP contribution in [0.25, 0.3) is 10.1 Å². The van der Waals surface area contributed by atoms with Gasteiger partial charge in [0.2, 0.25) is 0 Å². The largest absolute Gasteiger partial charge is 0.260 e. The van der Waals surface area contributed by atoms with Crippen LogP contribution in [0.15, 0.2) is 18.3 Å². The number of fused-ring (bicyclic) bond motifs is 1. The summed E-state index contributed by atoms with van der Waals surface area (Å²) in [5.41, 5.74) is 1.23. The highest BCUT2D eigenvalue weighted by Gasteiger charge is 2.08. The van der Waals surface area contributed by atoms with E-state index in [9.17, 15) is 0 Å². The molecule has 0 N–H and O–H groups in total. The molecule has 0 unspecified atom stereocenters. The Labute approximate surface area is 96.2 Å². The lowest BCUT2D eigenvalue weighted by Gasteiger charge is -2.04. The Morgan fingerprint density at radius 3 is 2.53 bits per heavy atom. The van der Waals surface area contributed by atoms with Gasteiger partial charge in [-0.15, -0.1) is 11.3 Å². The summed E-state index contributed by atoms with van der Waals surface area (Å²) in [7, 11) is 0. The van der Waals surface area contributed by atoms with Gasteiger partial charge in [-0.25, -0.2) is 0 Å². The van der Waals surface area contributed by atoms with E-state index in [0.29, 0.717) is 5.92 Å². The third-order valence-electron chi connectivity index (χ3n) is 2.13. The standard InChI is InChI=1S/C11H13NS.C2H6/c1-7(2)10-11-9(4-5-12-10)6-8(3)13-11;1-2/h4-7H,1-3H3;1-2H3. The maximum Gasteiger partial charge on any atom is 0.0606 e. The third kappa shape index (κ3) is 2.57. The van der Waals surface area contributed by atoms with Crippen LogP contribution in [-0.4, -0.2) is 4.98 Å². The van der Waals surface area contributed by atoms with Crippen molar-refractivity contribution in [3.05, 3.63) is 28.9 Å². The van der Waals surface area contributed by atoms with E-state index < -0.39 is 0 Å². The number of rotatable bonds is 1. The van der Waals surface area contributed by atoms with E-state index in [1.807, 2.05) is 31.4 Å². The highest BCUT2D eigenvalue weighted by atomic mass is 32.1. The second kappa shape index (κ2) is 5.26. The maximum atomic E-state index is 4.43. The van der Waals surface area contributed by atoms with E-state index in [2.05, 4.69) is 37.9 Å². The van der Waals surface area contributed by atoms with Gasteiger partial charge in [0.1, 0.15) is 0 Å². The Morgan fingerprint density at radius 1 is 1.27 bits per heavy atom. The molecule has 2 aromatic heterocycles. The van der Waals surface area contributed by atoms with Crippen LogP contribution < -0.4 is 0 Å². The first kappa shape index (κ1) is 12.2. The van der Waals surface area contributed by atoms with Crippen molar-refractivity contribution < 1.29 is 0 Å². The molecule has 0 aliphatic heterocycles. The van der Waals surface area contributed by atoms with Crippen molar-refractivity contribution in [1.29, 1.82) is 0 Å². The summed E-state index contributed by atoms with van der Waals surface area (Å²) in [6.45, 7) is 10.5. The molecular formula is C13H19NS. The third-order valence-corrected chi connectivity index (χ3v) is 3.22. The van der Waals surface area contributed by atoms with Crippen LogP contribution >= 0.6 is 11.3 Å². The smallest absolute Gasteiger partial charge is 0.0606 e. The highest BCUT2D eigenvalue weighted by Crippen LogP contribution is 2.30. The number of hydrogen-bond acceptors (Lipinski definition) is 2. The molecule has 0 saturated heterocycles. The second-order valence-electron chi connectivity index (χ2n) is 3.63. The van der Waals surface area contributed by atoms with Crippen molar-refractivity contribution >= 4 is 21.4 Å².